The summed E-state index contributed by atoms with van der Waals surface area (Å²) in [5.74, 6) is -0.996. The van der Waals surface area contributed by atoms with E-state index in [4.69, 9.17) is 27.9 Å². The average Bonchev–Trinajstić information content (AvgIpc) is 2.16. The number of rotatable bonds is 5. The third kappa shape index (κ3) is 6.43. The predicted molar refractivity (Wildman–Crippen MR) is 64.3 cm³/mol. The molecule has 0 bridgehead atoms. The van der Waals surface area contributed by atoms with Gasteiger partial charge in [-0.2, -0.15) is 0 Å². The van der Waals surface area contributed by atoms with Crippen molar-refractivity contribution in [1.82, 2.24) is 0 Å². The number of esters is 1. The van der Waals surface area contributed by atoms with Gasteiger partial charge in [0.25, 0.3) is 0 Å². The molecule has 0 aromatic carbocycles. The van der Waals surface area contributed by atoms with Crippen LogP contribution in [0.5, 0.6) is 0 Å². The molecule has 0 aromatic rings. The maximum absolute atomic E-state index is 11.3. The molecule has 0 unspecified atom stereocenters. The highest BCUT2D eigenvalue weighted by molar-refractivity contribution is 6.55. The van der Waals surface area contributed by atoms with E-state index in [1.807, 2.05) is 0 Å². The molecule has 5 heteroatoms. The lowest BCUT2D eigenvalue weighted by atomic mass is 10.1. The van der Waals surface area contributed by atoms with Gasteiger partial charge >= 0.3 is 5.97 Å². The van der Waals surface area contributed by atoms with Crippen LogP contribution in [0.3, 0.4) is 0 Å². The van der Waals surface area contributed by atoms with Gasteiger partial charge in [0.15, 0.2) is 5.78 Å². The molecule has 0 aliphatic carbocycles. The summed E-state index contributed by atoms with van der Waals surface area (Å²) in [6, 6.07) is 0. The molecule has 16 heavy (non-hydrogen) atoms. The summed E-state index contributed by atoms with van der Waals surface area (Å²) in [5, 5.41) is 0. The van der Waals surface area contributed by atoms with Crippen molar-refractivity contribution < 1.29 is 14.3 Å². The number of hydrogen-bond donors (Lipinski definition) is 0. The van der Waals surface area contributed by atoms with E-state index in [9.17, 15) is 9.59 Å². The molecule has 0 heterocycles. The van der Waals surface area contributed by atoms with Crippen molar-refractivity contribution in [1.29, 1.82) is 0 Å². The standard InChI is InChI=1S/C11H12Cl2O3/c1-3-16-11(15)9(8(2)14)6-4-5-7-10(12)13/h4-7H,3H2,1-2H3. The molecule has 0 atom stereocenters. The Morgan fingerprint density at radius 3 is 2.19 bits per heavy atom. The van der Waals surface area contributed by atoms with Crippen molar-refractivity contribution in [2.45, 2.75) is 13.8 Å². The minimum atomic E-state index is -0.638. The summed E-state index contributed by atoms with van der Waals surface area (Å²) in [4.78, 5) is 22.4. The van der Waals surface area contributed by atoms with Crippen LogP contribution in [0.15, 0.2) is 34.4 Å². The second-order valence-electron chi connectivity index (χ2n) is 2.70. The average molecular weight is 263 g/mol. The number of hydrogen-bond acceptors (Lipinski definition) is 3. The summed E-state index contributed by atoms with van der Waals surface area (Å²) in [6.07, 6.45) is 5.77. The first kappa shape index (κ1) is 14.9. The quantitative estimate of drug-likeness (QED) is 0.252. The van der Waals surface area contributed by atoms with Gasteiger partial charge in [0.2, 0.25) is 0 Å². The maximum Gasteiger partial charge on any atom is 0.341 e. The fraction of sp³-hybridized carbons (Fsp3) is 0.273. The maximum atomic E-state index is 11.3. The molecule has 88 valence electrons. The highest BCUT2D eigenvalue weighted by Crippen LogP contribution is 2.06. The molecule has 0 amide bonds. The number of ketones is 1. The van der Waals surface area contributed by atoms with Gasteiger partial charge in [-0.05, 0) is 26.0 Å². The number of Topliss-reactive ketones (excluding diaryl/α,β-unsaturated/α-hetero) is 1. The van der Waals surface area contributed by atoms with E-state index >= 15 is 0 Å². The lowest BCUT2D eigenvalue weighted by Crippen LogP contribution is -2.13. The van der Waals surface area contributed by atoms with Gasteiger partial charge in [-0.25, -0.2) is 4.79 Å². The Hall–Kier alpha value is -1.06. The van der Waals surface area contributed by atoms with Gasteiger partial charge in [-0.15, -0.1) is 0 Å². The van der Waals surface area contributed by atoms with Gasteiger partial charge in [0.05, 0.1) is 6.61 Å². The first-order valence-corrected chi connectivity index (χ1v) is 5.32. The molecule has 0 aliphatic heterocycles. The Balaban J connectivity index is 4.73. The second-order valence-corrected chi connectivity index (χ2v) is 3.71. The fourth-order valence-electron chi connectivity index (χ4n) is 0.818. The van der Waals surface area contributed by atoms with Crippen molar-refractivity contribution >= 4 is 35.0 Å². The van der Waals surface area contributed by atoms with Crippen LogP contribution in [-0.2, 0) is 14.3 Å². The zero-order chi connectivity index (χ0) is 12.6. The number of carbonyl (C=O) groups is 2. The summed E-state index contributed by atoms with van der Waals surface area (Å²) in [7, 11) is 0. The van der Waals surface area contributed by atoms with E-state index in [1.165, 1.54) is 31.2 Å². The lowest BCUT2D eigenvalue weighted by Gasteiger charge is -2.01. The Morgan fingerprint density at radius 1 is 1.19 bits per heavy atom. The molecule has 0 saturated carbocycles. The van der Waals surface area contributed by atoms with E-state index in [1.54, 1.807) is 6.92 Å². The molecule has 0 radical (unpaired) electrons. The Kier molecular flexibility index (Phi) is 7.60. The third-order valence-corrected chi connectivity index (χ3v) is 1.72. The predicted octanol–water partition coefficient (Wildman–Crippen LogP) is 2.94. The van der Waals surface area contributed by atoms with E-state index in [0.29, 0.717) is 0 Å². The van der Waals surface area contributed by atoms with E-state index in [2.05, 4.69) is 0 Å². The van der Waals surface area contributed by atoms with Crippen molar-refractivity contribution in [2.75, 3.05) is 6.61 Å². The van der Waals surface area contributed by atoms with Crippen LogP contribution in [0.1, 0.15) is 13.8 Å². The summed E-state index contributed by atoms with van der Waals surface area (Å²) < 4.78 is 4.80. The summed E-state index contributed by atoms with van der Waals surface area (Å²) in [6.45, 7) is 3.18. The second kappa shape index (κ2) is 8.13. The number of allylic oxidation sites excluding steroid dienone is 4. The SMILES string of the molecule is CCOC(=O)C(=CC=CC=C(Cl)Cl)C(C)=O. The van der Waals surface area contributed by atoms with Crippen molar-refractivity contribution in [3.63, 3.8) is 0 Å². The molecule has 0 fully saturated rings. The van der Waals surface area contributed by atoms with Crippen molar-refractivity contribution in [2.24, 2.45) is 0 Å². The van der Waals surface area contributed by atoms with Crippen molar-refractivity contribution in [3.8, 4) is 0 Å². The normalized spacial score (nSPS) is 11.4. The van der Waals surface area contributed by atoms with E-state index in [0.717, 1.165) is 0 Å². The third-order valence-electron chi connectivity index (χ3n) is 1.47. The van der Waals surface area contributed by atoms with Gasteiger partial charge in [-0.1, -0.05) is 35.4 Å². The van der Waals surface area contributed by atoms with Crippen LogP contribution in [0.25, 0.3) is 0 Å². The van der Waals surface area contributed by atoms with Crippen LogP contribution in [0.2, 0.25) is 0 Å². The van der Waals surface area contributed by atoms with Gasteiger partial charge in [-0.3, -0.25) is 4.79 Å². The minimum Gasteiger partial charge on any atom is -0.462 e. The zero-order valence-electron chi connectivity index (χ0n) is 9.00. The fourth-order valence-corrected chi connectivity index (χ4v) is 0.964. The number of halogens is 2. The molecule has 0 saturated heterocycles. The Labute approximate surface area is 104 Å². The molecular formula is C11H12Cl2O3. The van der Waals surface area contributed by atoms with Gasteiger partial charge in [0, 0.05) is 0 Å². The number of ether oxygens (including phenoxy) is 1. The lowest BCUT2D eigenvalue weighted by molar-refractivity contribution is -0.139. The van der Waals surface area contributed by atoms with Crippen LogP contribution in [-0.4, -0.2) is 18.4 Å². The first-order valence-electron chi connectivity index (χ1n) is 4.56. The number of carbonyl (C=O) groups excluding carboxylic acids is 2. The van der Waals surface area contributed by atoms with Gasteiger partial charge < -0.3 is 4.74 Å². The molecule has 0 aromatic heterocycles. The van der Waals surface area contributed by atoms with Crippen LogP contribution in [0, 0.1) is 0 Å². The molecule has 0 aliphatic rings. The summed E-state index contributed by atoms with van der Waals surface area (Å²) in [5.41, 5.74) is -0.0165. The molecule has 0 rings (SSSR count). The Morgan fingerprint density at radius 2 is 1.75 bits per heavy atom. The monoisotopic (exact) mass is 262 g/mol. The molecule has 3 nitrogen and oxygen atoms in total. The molecule has 0 N–H and O–H groups in total. The topological polar surface area (TPSA) is 43.4 Å². The summed E-state index contributed by atoms with van der Waals surface area (Å²) >= 11 is 10.7. The van der Waals surface area contributed by atoms with Crippen LogP contribution < -0.4 is 0 Å². The minimum absolute atomic E-state index is 0.0165. The zero-order valence-corrected chi connectivity index (χ0v) is 10.5. The first-order chi connectivity index (χ1) is 7.49. The van der Waals surface area contributed by atoms with Crippen LogP contribution >= 0.6 is 23.2 Å². The van der Waals surface area contributed by atoms with Gasteiger partial charge in [0.1, 0.15) is 10.1 Å². The smallest absolute Gasteiger partial charge is 0.341 e. The largest absolute Gasteiger partial charge is 0.462 e. The highest BCUT2D eigenvalue weighted by atomic mass is 35.5. The Bertz CT molecular complexity index is 350. The van der Waals surface area contributed by atoms with E-state index in [-0.39, 0.29) is 22.5 Å². The molecule has 0 spiro atoms. The van der Waals surface area contributed by atoms with E-state index < -0.39 is 5.97 Å². The van der Waals surface area contributed by atoms with Crippen LogP contribution in [0.4, 0.5) is 0 Å². The van der Waals surface area contributed by atoms with Crippen molar-refractivity contribution in [3.05, 3.63) is 34.4 Å². The molecular weight excluding hydrogens is 251 g/mol. The highest BCUT2D eigenvalue weighted by Gasteiger charge is 2.13.